The lowest BCUT2D eigenvalue weighted by atomic mass is 10.1. The fourth-order valence-corrected chi connectivity index (χ4v) is 2.65. The summed E-state index contributed by atoms with van der Waals surface area (Å²) in [6, 6.07) is 5.45. The standard InChI is InChI=1S/C15H22ClN3O/c1-3-17-14-6-5-12(16)11-13(14)15(20)19-9-7-18(4-2)8-10-19/h5-6,11,17H,3-4,7-10H2,1-2H3. The summed E-state index contributed by atoms with van der Waals surface area (Å²) >= 11 is 6.04. The Morgan fingerprint density at radius 3 is 2.55 bits per heavy atom. The molecule has 1 aliphatic heterocycles. The highest BCUT2D eigenvalue weighted by Crippen LogP contribution is 2.22. The molecule has 0 atom stereocenters. The number of hydrogen-bond donors (Lipinski definition) is 1. The number of likely N-dealkylation sites (N-methyl/N-ethyl adjacent to an activating group) is 1. The number of piperazine rings is 1. The SMILES string of the molecule is CCNc1ccc(Cl)cc1C(=O)N1CCN(CC)CC1. The minimum absolute atomic E-state index is 0.0687. The summed E-state index contributed by atoms with van der Waals surface area (Å²) in [5.74, 6) is 0.0687. The second kappa shape index (κ2) is 6.95. The van der Waals surface area contributed by atoms with E-state index < -0.39 is 0 Å². The number of nitrogens with zero attached hydrogens (tertiary/aromatic N) is 2. The molecule has 1 heterocycles. The molecular formula is C15H22ClN3O. The molecule has 1 aromatic carbocycles. The van der Waals surface area contributed by atoms with Crippen molar-refractivity contribution >= 4 is 23.2 Å². The van der Waals surface area contributed by atoms with Gasteiger partial charge in [0.2, 0.25) is 0 Å². The van der Waals surface area contributed by atoms with Crippen LogP contribution in [0.4, 0.5) is 5.69 Å². The molecule has 0 unspecified atom stereocenters. The normalized spacial score (nSPS) is 16.2. The van der Waals surface area contributed by atoms with E-state index in [9.17, 15) is 4.79 Å². The van der Waals surface area contributed by atoms with Gasteiger partial charge in [-0.1, -0.05) is 18.5 Å². The van der Waals surface area contributed by atoms with Crippen LogP contribution in [-0.4, -0.2) is 55.0 Å². The Bertz CT molecular complexity index is 470. The summed E-state index contributed by atoms with van der Waals surface area (Å²) in [6.45, 7) is 9.45. The Morgan fingerprint density at radius 2 is 1.95 bits per heavy atom. The first-order valence-electron chi connectivity index (χ1n) is 7.20. The van der Waals surface area contributed by atoms with E-state index in [1.54, 1.807) is 6.07 Å². The number of halogens is 1. The van der Waals surface area contributed by atoms with E-state index in [2.05, 4.69) is 17.1 Å². The second-order valence-corrected chi connectivity index (χ2v) is 5.38. The maximum atomic E-state index is 12.7. The first-order chi connectivity index (χ1) is 9.65. The molecule has 5 heteroatoms. The molecule has 0 aromatic heterocycles. The lowest BCUT2D eigenvalue weighted by molar-refractivity contribution is 0.0644. The van der Waals surface area contributed by atoms with Crippen molar-refractivity contribution in [2.75, 3.05) is 44.6 Å². The van der Waals surface area contributed by atoms with Gasteiger partial charge in [-0.15, -0.1) is 0 Å². The van der Waals surface area contributed by atoms with E-state index in [0.717, 1.165) is 45.0 Å². The fraction of sp³-hybridized carbons (Fsp3) is 0.533. The van der Waals surface area contributed by atoms with Crippen LogP contribution in [0.3, 0.4) is 0 Å². The van der Waals surface area contributed by atoms with E-state index in [0.29, 0.717) is 10.6 Å². The van der Waals surface area contributed by atoms with Crippen molar-refractivity contribution in [3.63, 3.8) is 0 Å². The fourth-order valence-electron chi connectivity index (χ4n) is 2.48. The molecule has 4 nitrogen and oxygen atoms in total. The van der Waals surface area contributed by atoms with Gasteiger partial charge in [0, 0.05) is 43.4 Å². The van der Waals surface area contributed by atoms with Gasteiger partial charge in [-0.05, 0) is 31.7 Å². The zero-order valence-electron chi connectivity index (χ0n) is 12.2. The molecule has 110 valence electrons. The minimum Gasteiger partial charge on any atom is -0.385 e. The highest BCUT2D eigenvalue weighted by atomic mass is 35.5. The Kier molecular flexibility index (Phi) is 5.26. The summed E-state index contributed by atoms with van der Waals surface area (Å²) in [5.41, 5.74) is 1.53. The maximum absolute atomic E-state index is 12.7. The van der Waals surface area contributed by atoms with Gasteiger partial charge in [0.25, 0.3) is 5.91 Å². The third-order valence-corrected chi connectivity index (χ3v) is 3.92. The van der Waals surface area contributed by atoms with Crippen molar-refractivity contribution in [3.05, 3.63) is 28.8 Å². The number of rotatable bonds is 4. The average Bonchev–Trinajstić information content (AvgIpc) is 2.48. The Hall–Kier alpha value is -1.26. The number of carbonyl (C=O) groups excluding carboxylic acids is 1. The molecule has 0 bridgehead atoms. The minimum atomic E-state index is 0.0687. The van der Waals surface area contributed by atoms with Crippen LogP contribution in [0.25, 0.3) is 0 Å². The molecule has 1 N–H and O–H groups in total. The molecule has 1 amide bonds. The molecule has 1 saturated heterocycles. The summed E-state index contributed by atoms with van der Waals surface area (Å²) in [5, 5.41) is 3.83. The number of hydrogen-bond acceptors (Lipinski definition) is 3. The molecule has 20 heavy (non-hydrogen) atoms. The molecule has 0 aliphatic carbocycles. The highest BCUT2D eigenvalue weighted by molar-refractivity contribution is 6.31. The molecule has 2 rings (SSSR count). The van der Waals surface area contributed by atoms with Crippen LogP contribution in [0.2, 0.25) is 5.02 Å². The van der Waals surface area contributed by atoms with E-state index >= 15 is 0 Å². The highest BCUT2D eigenvalue weighted by Gasteiger charge is 2.23. The van der Waals surface area contributed by atoms with Gasteiger partial charge in [0.15, 0.2) is 0 Å². The first-order valence-corrected chi connectivity index (χ1v) is 7.58. The van der Waals surface area contributed by atoms with Crippen LogP contribution >= 0.6 is 11.6 Å². The Balaban J connectivity index is 2.14. The molecule has 1 aliphatic rings. The molecule has 0 spiro atoms. The third kappa shape index (κ3) is 3.44. The quantitative estimate of drug-likeness (QED) is 0.927. The monoisotopic (exact) mass is 295 g/mol. The van der Waals surface area contributed by atoms with Crippen LogP contribution in [-0.2, 0) is 0 Å². The second-order valence-electron chi connectivity index (χ2n) is 4.95. The molecular weight excluding hydrogens is 274 g/mol. The lowest BCUT2D eigenvalue weighted by Gasteiger charge is -2.34. The largest absolute Gasteiger partial charge is 0.385 e. The van der Waals surface area contributed by atoms with Crippen LogP contribution in [0.15, 0.2) is 18.2 Å². The van der Waals surface area contributed by atoms with Crippen molar-refractivity contribution in [1.29, 1.82) is 0 Å². The van der Waals surface area contributed by atoms with Gasteiger partial charge in [-0.3, -0.25) is 4.79 Å². The van der Waals surface area contributed by atoms with Crippen molar-refractivity contribution in [1.82, 2.24) is 9.80 Å². The number of benzene rings is 1. The summed E-state index contributed by atoms with van der Waals surface area (Å²) in [6.07, 6.45) is 0. The van der Waals surface area contributed by atoms with Crippen LogP contribution in [0.1, 0.15) is 24.2 Å². The number of nitrogens with one attached hydrogen (secondary N) is 1. The third-order valence-electron chi connectivity index (χ3n) is 3.69. The van der Waals surface area contributed by atoms with Gasteiger partial charge in [-0.25, -0.2) is 0 Å². The average molecular weight is 296 g/mol. The molecule has 0 saturated carbocycles. The van der Waals surface area contributed by atoms with Crippen molar-refractivity contribution in [3.8, 4) is 0 Å². The Morgan fingerprint density at radius 1 is 1.25 bits per heavy atom. The summed E-state index contributed by atoms with van der Waals surface area (Å²) in [7, 11) is 0. The van der Waals surface area contributed by atoms with Gasteiger partial charge >= 0.3 is 0 Å². The van der Waals surface area contributed by atoms with Crippen LogP contribution in [0.5, 0.6) is 0 Å². The van der Waals surface area contributed by atoms with E-state index in [1.165, 1.54) is 0 Å². The summed E-state index contributed by atoms with van der Waals surface area (Å²) in [4.78, 5) is 16.9. The van der Waals surface area contributed by atoms with Crippen molar-refractivity contribution in [2.45, 2.75) is 13.8 Å². The summed E-state index contributed by atoms with van der Waals surface area (Å²) < 4.78 is 0. The molecule has 1 fully saturated rings. The maximum Gasteiger partial charge on any atom is 0.256 e. The Labute approximate surface area is 125 Å². The number of carbonyl (C=O) groups is 1. The molecule has 1 aromatic rings. The van der Waals surface area contributed by atoms with Crippen molar-refractivity contribution < 1.29 is 4.79 Å². The van der Waals surface area contributed by atoms with Crippen LogP contribution < -0.4 is 5.32 Å². The van der Waals surface area contributed by atoms with Crippen molar-refractivity contribution in [2.24, 2.45) is 0 Å². The predicted octanol–water partition coefficient (Wildman–Crippen LogP) is 2.55. The zero-order valence-corrected chi connectivity index (χ0v) is 12.9. The van der Waals surface area contributed by atoms with E-state index in [-0.39, 0.29) is 5.91 Å². The van der Waals surface area contributed by atoms with Gasteiger partial charge in [-0.2, -0.15) is 0 Å². The van der Waals surface area contributed by atoms with Gasteiger partial charge in [0.05, 0.1) is 5.56 Å². The van der Waals surface area contributed by atoms with E-state index in [4.69, 9.17) is 11.6 Å². The lowest BCUT2D eigenvalue weighted by Crippen LogP contribution is -2.48. The number of anilines is 1. The van der Waals surface area contributed by atoms with E-state index in [1.807, 2.05) is 24.0 Å². The zero-order chi connectivity index (χ0) is 14.5. The smallest absolute Gasteiger partial charge is 0.256 e. The number of amides is 1. The topological polar surface area (TPSA) is 35.6 Å². The van der Waals surface area contributed by atoms with Gasteiger partial charge in [0.1, 0.15) is 0 Å². The first kappa shape index (κ1) is 15.1. The van der Waals surface area contributed by atoms with Gasteiger partial charge < -0.3 is 15.1 Å². The van der Waals surface area contributed by atoms with Crippen LogP contribution in [0, 0.1) is 0 Å². The predicted molar refractivity (Wildman–Crippen MR) is 83.6 cm³/mol. The molecule has 0 radical (unpaired) electrons.